The van der Waals surface area contributed by atoms with E-state index in [-0.39, 0.29) is 17.9 Å². The van der Waals surface area contributed by atoms with E-state index in [1.54, 1.807) is 23.1 Å². The molecule has 1 unspecified atom stereocenters. The van der Waals surface area contributed by atoms with Crippen LogP contribution in [0.15, 0.2) is 18.2 Å². The van der Waals surface area contributed by atoms with Crippen LogP contribution in [-0.4, -0.2) is 42.4 Å². The third-order valence-electron chi connectivity index (χ3n) is 3.95. The summed E-state index contributed by atoms with van der Waals surface area (Å²) in [5.41, 5.74) is 5.77. The predicted octanol–water partition coefficient (Wildman–Crippen LogP) is 2.45. The normalized spacial score (nSPS) is 17.9. The van der Waals surface area contributed by atoms with Crippen LogP contribution in [-0.2, 0) is 4.79 Å². The van der Waals surface area contributed by atoms with Crippen molar-refractivity contribution in [2.45, 2.75) is 31.7 Å². The van der Waals surface area contributed by atoms with Gasteiger partial charge >= 0.3 is 0 Å². The first-order chi connectivity index (χ1) is 11.0. The molecule has 0 aliphatic carbocycles. The molecule has 1 heterocycles. The van der Waals surface area contributed by atoms with Gasteiger partial charge in [-0.05, 0) is 37.5 Å². The Morgan fingerprint density at radius 1 is 1.30 bits per heavy atom. The highest BCUT2D eigenvalue weighted by Crippen LogP contribution is 2.25. The molecule has 0 saturated carbocycles. The van der Waals surface area contributed by atoms with Gasteiger partial charge in [0, 0.05) is 37.1 Å². The molecule has 1 saturated heterocycles. The van der Waals surface area contributed by atoms with Gasteiger partial charge in [-0.1, -0.05) is 23.2 Å². The fourth-order valence-electron chi connectivity index (χ4n) is 2.75. The summed E-state index contributed by atoms with van der Waals surface area (Å²) < 4.78 is 0. The van der Waals surface area contributed by atoms with Crippen LogP contribution in [0.5, 0.6) is 0 Å². The zero-order valence-corrected chi connectivity index (χ0v) is 14.4. The number of hydrogen-bond acceptors (Lipinski definition) is 3. The smallest absolute Gasteiger partial charge is 0.255 e. The van der Waals surface area contributed by atoms with Gasteiger partial charge in [0.05, 0.1) is 10.6 Å². The third-order valence-corrected chi connectivity index (χ3v) is 4.52. The highest BCUT2D eigenvalue weighted by molar-refractivity contribution is 6.35. The van der Waals surface area contributed by atoms with Crippen LogP contribution >= 0.6 is 23.2 Å². The van der Waals surface area contributed by atoms with Gasteiger partial charge in [-0.25, -0.2) is 0 Å². The molecule has 0 radical (unpaired) electrons. The largest absolute Gasteiger partial charge is 0.354 e. The topological polar surface area (TPSA) is 75.4 Å². The molecule has 3 N–H and O–H groups in total. The van der Waals surface area contributed by atoms with Crippen molar-refractivity contribution in [3.8, 4) is 0 Å². The Bertz CT molecular complexity index is 580. The standard InChI is InChI=1S/C16H21Cl2N3O2/c17-11-4-5-14(18)13(9-11)16(23)21-8-2-1-3-12(21)10-20-15(22)6-7-19/h4-5,9,12H,1-3,6-8,10,19H2,(H,20,22). The summed E-state index contributed by atoms with van der Waals surface area (Å²) in [6, 6.07) is 4.83. The Hall–Kier alpha value is -1.30. The first-order valence-electron chi connectivity index (χ1n) is 7.75. The van der Waals surface area contributed by atoms with E-state index in [1.165, 1.54) is 0 Å². The average Bonchev–Trinajstić information content (AvgIpc) is 2.55. The van der Waals surface area contributed by atoms with Gasteiger partial charge in [0.2, 0.25) is 5.91 Å². The fraction of sp³-hybridized carbons (Fsp3) is 0.500. The van der Waals surface area contributed by atoms with Gasteiger partial charge in [-0.2, -0.15) is 0 Å². The Labute approximate surface area is 146 Å². The van der Waals surface area contributed by atoms with E-state index in [4.69, 9.17) is 28.9 Å². The summed E-state index contributed by atoms with van der Waals surface area (Å²) >= 11 is 12.1. The summed E-state index contributed by atoms with van der Waals surface area (Å²) in [5.74, 6) is -0.235. The van der Waals surface area contributed by atoms with E-state index >= 15 is 0 Å². The molecule has 1 aromatic rings. The lowest BCUT2D eigenvalue weighted by molar-refractivity contribution is -0.121. The Morgan fingerprint density at radius 3 is 2.83 bits per heavy atom. The molecule has 7 heteroatoms. The van der Waals surface area contributed by atoms with Gasteiger partial charge < -0.3 is 16.0 Å². The van der Waals surface area contributed by atoms with E-state index in [0.29, 0.717) is 41.7 Å². The first-order valence-corrected chi connectivity index (χ1v) is 8.51. The van der Waals surface area contributed by atoms with Crippen LogP contribution < -0.4 is 11.1 Å². The molecule has 1 fully saturated rings. The summed E-state index contributed by atoms with van der Waals surface area (Å²) in [7, 11) is 0. The minimum atomic E-state index is -0.143. The molecule has 126 valence electrons. The fourth-order valence-corrected chi connectivity index (χ4v) is 3.12. The van der Waals surface area contributed by atoms with Crippen molar-refractivity contribution in [3.05, 3.63) is 33.8 Å². The predicted molar refractivity (Wildman–Crippen MR) is 91.8 cm³/mol. The Kier molecular flexibility index (Phi) is 6.69. The van der Waals surface area contributed by atoms with Crippen molar-refractivity contribution in [2.24, 2.45) is 5.73 Å². The number of likely N-dealkylation sites (tertiary alicyclic amines) is 1. The molecule has 0 spiro atoms. The molecule has 1 aliphatic rings. The van der Waals surface area contributed by atoms with E-state index in [0.717, 1.165) is 19.3 Å². The molecule has 0 bridgehead atoms. The van der Waals surface area contributed by atoms with Gasteiger partial charge in [0.25, 0.3) is 5.91 Å². The molecule has 2 amide bonds. The van der Waals surface area contributed by atoms with E-state index < -0.39 is 0 Å². The average molecular weight is 358 g/mol. The lowest BCUT2D eigenvalue weighted by Crippen LogP contribution is -2.49. The van der Waals surface area contributed by atoms with Crippen molar-refractivity contribution >= 4 is 35.0 Å². The minimum Gasteiger partial charge on any atom is -0.354 e. The second-order valence-electron chi connectivity index (χ2n) is 5.62. The Morgan fingerprint density at radius 2 is 2.09 bits per heavy atom. The van der Waals surface area contributed by atoms with Gasteiger partial charge in [0.1, 0.15) is 0 Å². The SMILES string of the molecule is NCCC(=O)NCC1CCCCN1C(=O)c1cc(Cl)ccc1Cl. The number of carbonyl (C=O) groups excluding carboxylic acids is 2. The van der Waals surface area contributed by atoms with Crippen LogP contribution in [0.3, 0.4) is 0 Å². The van der Waals surface area contributed by atoms with Gasteiger partial charge in [0.15, 0.2) is 0 Å². The van der Waals surface area contributed by atoms with Crippen LogP contribution in [0, 0.1) is 0 Å². The van der Waals surface area contributed by atoms with Crippen molar-refractivity contribution in [3.63, 3.8) is 0 Å². The van der Waals surface area contributed by atoms with Crippen LogP contribution in [0.4, 0.5) is 0 Å². The molecule has 1 aliphatic heterocycles. The van der Waals surface area contributed by atoms with E-state index in [9.17, 15) is 9.59 Å². The highest BCUT2D eigenvalue weighted by Gasteiger charge is 2.28. The lowest BCUT2D eigenvalue weighted by atomic mass is 10.0. The maximum atomic E-state index is 12.8. The number of amides is 2. The second-order valence-corrected chi connectivity index (χ2v) is 6.46. The first kappa shape index (κ1) is 18.0. The molecule has 2 rings (SSSR count). The number of nitrogens with two attached hydrogens (primary N) is 1. The maximum Gasteiger partial charge on any atom is 0.255 e. The van der Waals surface area contributed by atoms with Crippen molar-refractivity contribution < 1.29 is 9.59 Å². The number of piperidine rings is 1. The Balaban J connectivity index is 2.09. The molecule has 5 nitrogen and oxygen atoms in total. The molecule has 23 heavy (non-hydrogen) atoms. The van der Waals surface area contributed by atoms with Gasteiger partial charge in [-0.15, -0.1) is 0 Å². The third kappa shape index (κ3) is 4.83. The molecular formula is C16H21Cl2N3O2. The molecule has 1 aromatic carbocycles. The summed E-state index contributed by atoms with van der Waals surface area (Å²) in [5, 5.41) is 3.70. The zero-order chi connectivity index (χ0) is 16.8. The second kappa shape index (κ2) is 8.52. The monoisotopic (exact) mass is 357 g/mol. The molecule has 1 atom stereocenters. The molecule has 0 aromatic heterocycles. The number of hydrogen-bond donors (Lipinski definition) is 2. The van der Waals surface area contributed by atoms with Crippen LogP contribution in [0.2, 0.25) is 10.0 Å². The zero-order valence-electron chi connectivity index (χ0n) is 12.9. The lowest BCUT2D eigenvalue weighted by Gasteiger charge is -2.36. The number of nitrogens with zero attached hydrogens (tertiary/aromatic N) is 1. The van der Waals surface area contributed by atoms with Crippen molar-refractivity contribution in [2.75, 3.05) is 19.6 Å². The van der Waals surface area contributed by atoms with Crippen molar-refractivity contribution in [1.82, 2.24) is 10.2 Å². The van der Waals surface area contributed by atoms with Crippen molar-refractivity contribution in [1.29, 1.82) is 0 Å². The molecular weight excluding hydrogens is 337 g/mol. The van der Waals surface area contributed by atoms with Gasteiger partial charge in [-0.3, -0.25) is 9.59 Å². The van der Waals surface area contributed by atoms with Crippen LogP contribution in [0.25, 0.3) is 0 Å². The van der Waals surface area contributed by atoms with E-state index in [2.05, 4.69) is 5.32 Å². The number of nitrogens with one attached hydrogen (secondary N) is 1. The number of halogens is 2. The summed E-state index contributed by atoms with van der Waals surface area (Å²) in [6.45, 7) is 1.40. The maximum absolute atomic E-state index is 12.8. The number of carbonyl (C=O) groups is 2. The van der Waals surface area contributed by atoms with Crippen LogP contribution in [0.1, 0.15) is 36.0 Å². The highest BCUT2D eigenvalue weighted by atomic mass is 35.5. The summed E-state index contributed by atoms with van der Waals surface area (Å²) in [6.07, 6.45) is 3.12. The summed E-state index contributed by atoms with van der Waals surface area (Å²) in [4.78, 5) is 26.2. The number of rotatable bonds is 5. The number of benzene rings is 1. The van der Waals surface area contributed by atoms with E-state index in [1.807, 2.05) is 0 Å². The quantitative estimate of drug-likeness (QED) is 0.849. The minimum absolute atomic E-state index is 0.0342.